The molecule has 0 saturated carbocycles. The zero-order valence-corrected chi connectivity index (χ0v) is 9.16. The summed E-state index contributed by atoms with van der Waals surface area (Å²) in [5.41, 5.74) is 0.137. The number of rotatable bonds is 1. The maximum Gasteiger partial charge on any atom is 0.586 e. The van der Waals surface area contributed by atoms with Crippen LogP contribution < -0.4 is 14.8 Å². The van der Waals surface area contributed by atoms with E-state index in [1.54, 1.807) is 0 Å². The van der Waals surface area contributed by atoms with Crippen molar-refractivity contribution in [2.45, 2.75) is 6.29 Å². The number of nitrogens with one attached hydrogen (secondary N) is 1. The molecular weight excluding hydrogens is 234 g/mol. The predicted octanol–water partition coefficient (Wildman–Crippen LogP) is 2.10. The van der Waals surface area contributed by atoms with Crippen LogP contribution in [0.5, 0.6) is 11.5 Å². The highest BCUT2D eigenvalue weighted by Gasteiger charge is 2.44. The summed E-state index contributed by atoms with van der Waals surface area (Å²) in [6, 6.07) is 3.82. The Bertz CT molecular complexity index is 463. The van der Waals surface area contributed by atoms with Gasteiger partial charge in [-0.05, 0) is 12.1 Å². The van der Waals surface area contributed by atoms with Crippen LogP contribution in [0.2, 0.25) is 0 Å². The van der Waals surface area contributed by atoms with E-state index in [0.717, 1.165) is 0 Å². The van der Waals surface area contributed by atoms with E-state index in [-0.39, 0.29) is 17.2 Å². The highest BCUT2D eigenvalue weighted by molar-refractivity contribution is 5.91. The molecule has 1 aromatic carbocycles. The molecule has 0 bridgehead atoms. The molecule has 1 aromatic rings. The molecule has 0 spiro atoms. The molecule has 2 amide bonds. The smallest absolute Gasteiger partial charge is 0.395 e. The van der Waals surface area contributed by atoms with Crippen molar-refractivity contribution in [2.24, 2.45) is 0 Å². The first-order valence-corrected chi connectivity index (χ1v) is 4.76. The molecule has 7 heteroatoms. The van der Waals surface area contributed by atoms with Gasteiger partial charge in [-0.3, -0.25) is 0 Å². The first kappa shape index (κ1) is 11.4. The molecule has 0 aromatic heterocycles. The largest absolute Gasteiger partial charge is 0.586 e. The summed E-state index contributed by atoms with van der Waals surface area (Å²) in [4.78, 5) is 12.7. The second-order valence-corrected chi connectivity index (χ2v) is 3.62. The predicted molar refractivity (Wildman–Crippen MR) is 55.4 cm³/mol. The van der Waals surface area contributed by atoms with Gasteiger partial charge in [0.2, 0.25) is 0 Å². The van der Waals surface area contributed by atoms with E-state index < -0.39 is 12.3 Å². The van der Waals surface area contributed by atoms with E-state index in [4.69, 9.17) is 0 Å². The number of carbonyl (C=O) groups is 1. The van der Waals surface area contributed by atoms with Crippen molar-refractivity contribution in [3.63, 3.8) is 0 Å². The number of para-hydroxylation sites is 1. The number of hydrogen-bond acceptors (Lipinski definition) is 3. The third-order valence-electron chi connectivity index (χ3n) is 2.08. The molecule has 1 aliphatic rings. The molecule has 1 heterocycles. The fourth-order valence-electron chi connectivity index (χ4n) is 1.29. The molecule has 2 rings (SSSR count). The SMILES string of the molecule is CN(C)C(=O)Nc1cccc2c1OC(F)(F)O2. The topological polar surface area (TPSA) is 50.8 Å². The van der Waals surface area contributed by atoms with Gasteiger partial charge in [0.1, 0.15) is 0 Å². The van der Waals surface area contributed by atoms with Crippen molar-refractivity contribution in [2.75, 3.05) is 19.4 Å². The Balaban J connectivity index is 2.27. The number of carbonyl (C=O) groups excluding carboxylic acids is 1. The number of amides is 2. The molecule has 0 unspecified atom stereocenters. The van der Waals surface area contributed by atoms with Crippen LogP contribution in [0.25, 0.3) is 0 Å². The summed E-state index contributed by atoms with van der Waals surface area (Å²) in [5.74, 6) is -0.278. The molecule has 0 atom stereocenters. The number of ether oxygens (including phenoxy) is 2. The number of urea groups is 1. The zero-order chi connectivity index (χ0) is 12.6. The lowest BCUT2D eigenvalue weighted by Crippen LogP contribution is -2.28. The van der Waals surface area contributed by atoms with Gasteiger partial charge in [0.05, 0.1) is 5.69 Å². The Morgan fingerprint density at radius 2 is 2.06 bits per heavy atom. The van der Waals surface area contributed by atoms with Crippen molar-refractivity contribution in [1.82, 2.24) is 4.90 Å². The normalized spacial score (nSPS) is 15.5. The molecule has 0 aliphatic carbocycles. The van der Waals surface area contributed by atoms with E-state index in [1.165, 1.54) is 37.2 Å². The van der Waals surface area contributed by atoms with Gasteiger partial charge in [-0.2, -0.15) is 0 Å². The number of fused-ring (bicyclic) bond motifs is 1. The Labute approximate surface area is 95.9 Å². The van der Waals surface area contributed by atoms with E-state index >= 15 is 0 Å². The second kappa shape index (κ2) is 3.76. The zero-order valence-electron chi connectivity index (χ0n) is 9.16. The van der Waals surface area contributed by atoms with Crippen LogP contribution in [0.3, 0.4) is 0 Å². The van der Waals surface area contributed by atoms with Crippen LogP contribution in [0.15, 0.2) is 18.2 Å². The van der Waals surface area contributed by atoms with Crippen molar-refractivity contribution < 1.29 is 23.0 Å². The van der Waals surface area contributed by atoms with Crippen molar-refractivity contribution in [3.05, 3.63) is 18.2 Å². The molecule has 0 saturated heterocycles. The van der Waals surface area contributed by atoms with Gasteiger partial charge in [-0.15, -0.1) is 8.78 Å². The molecule has 5 nitrogen and oxygen atoms in total. The number of anilines is 1. The van der Waals surface area contributed by atoms with Gasteiger partial charge in [0.15, 0.2) is 11.5 Å². The highest BCUT2D eigenvalue weighted by Crippen LogP contribution is 2.45. The van der Waals surface area contributed by atoms with Crippen molar-refractivity contribution in [1.29, 1.82) is 0 Å². The number of nitrogens with zero attached hydrogens (tertiary/aromatic N) is 1. The molecule has 17 heavy (non-hydrogen) atoms. The van der Waals surface area contributed by atoms with Crippen LogP contribution in [0, 0.1) is 0 Å². The molecule has 0 fully saturated rings. The van der Waals surface area contributed by atoms with Gasteiger partial charge >= 0.3 is 12.3 Å². The van der Waals surface area contributed by atoms with E-state index in [1.807, 2.05) is 0 Å². The first-order valence-electron chi connectivity index (χ1n) is 4.76. The van der Waals surface area contributed by atoms with E-state index in [9.17, 15) is 13.6 Å². The summed E-state index contributed by atoms with van der Waals surface area (Å²) in [6.45, 7) is 0. The summed E-state index contributed by atoms with van der Waals surface area (Å²) in [7, 11) is 3.06. The Hall–Kier alpha value is -2.05. The number of benzene rings is 1. The Kier molecular flexibility index (Phi) is 2.53. The lowest BCUT2D eigenvalue weighted by Gasteiger charge is -2.13. The average Bonchev–Trinajstić information content (AvgIpc) is 2.53. The number of alkyl halides is 2. The van der Waals surface area contributed by atoms with Crippen molar-refractivity contribution in [3.8, 4) is 11.5 Å². The van der Waals surface area contributed by atoms with Gasteiger partial charge in [-0.25, -0.2) is 4.79 Å². The summed E-state index contributed by atoms with van der Waals surface area (Å²) >= 11 is 0. The minimum absolute atomic E-state index is 0.105. The van der Waals surface area contributed by atoms with Gasteiger partial charge in [0.25, 0.3) is 0 Å². The summed E-state index contributed by atoms with van der Waals surface area (Å²) < 4.78 is 34.3. The van der Waals surface area contributed by atoms with Gasteiger partial charge in [0, 0.05) is 14.1 Å². The van der Waals surface area contributed by atoms with Gasteiger partial charge < -0.3 is 19.7 Å². The van der Waals surface area contributed by atoms with Crippen LogP contribution in [-0.4, -0.2) is 31.3 Å². The Morgan fingerprint density at radius 3 is 2.71 bits per heavy atom. The van der Waals surface area contributed by atoms with E-state index in [0.29, 0.717) is 0 Å². The maximum atomic E-state index is 12.8. The number of halogens is 2. The molecule has 0 radical (unpaired) electrons. The summed E-state index contributed by atoms with van der Waals surface area (Å²) in [6.07, 6.45) is -3.69. The lowest BCUT2D eigenvalue weighted by atomic mass is 10.2. The Morgan fingerprint density at radius 1 is 1.35 bits per heavy atom. The highest BCUT2D eigenvalue weighted by atomic mass is 19.3. The molecule has 92 valence electrons. The van der Waals surface area contributed by atoms with Crippen molar-refractivity contribution >= 4 is 11.7 Å². The summed E-state index contributed by atoms with van der Waals surface area (Å²) in [5, 5.41) is 2.43. The third-order valence-corrected chi connectivity index (χ3v) is 2.08. The van der Waals surface area contributed by atoms with Crippen LogP contribution in [0.1, 0.15) is 0 Å². The minimum Gasteiger partial charge on any atom is -0.395 e. The van der Waals surface area contributed by atoms with Crippen LogP contribution >= 0.6 is 0 Å². The first-order chi connectivity index (χ1) is 7.89. The second-order valence-electron chi connectivity index (χ2n) is 3.62. The maximum absolute atomic E-state index is 12.8. The third kappa shape index (κ3) is 2.22. The molecule has 1 aliphatic heterocycles. The fourth-order valence-corrected chi connectivity index (χ4v) is 1.29. The molecule has 1 N–H and O–H groups in total. The van der Waals surface area contributed by atoms with Crippen LogP contribution in [-0.2, 0) is 0 Å². The molecular formula is C10H10F2N2O3. The van der Waals surface area contributed by atoms with E-state index in [2.05, 4.69) is 14.8 Å². The number of hydrogen-bond donors (Lipinski definition) is 1. The van der Waals surface area contributed by atoms with Gasteiger partial charge in [-0.1, -0.05) is 6.07 Å². The fraction of sp³-hybridized carbons (Fsp3) is 0.300. The minimum atomic E-state index is -3.69. The average molecular weight is 244 g/mol. The monoisotopic (exact) mass is 244 g/mol. The standard InChI is InChI=1S/C10H10F2N2O3/c1-14(2)9(15)13-6-4-3-5-7-8(6)17-10(11,12)16-7/h3-5H,1-2H3,(H,13,15). The lowest BCUT2D eigenvalue weighted by molar-refractivity contribution is -0.286. The quantitative estimate of drug-likeness (QED) is 0.823. The van der Waals surface area contributed by atoms with Crippen LogP contribution in [0.4, 0.5) is 19.3 Å².